The Balaban J connectivity index is 2.08. The van der Waals surface area contributed by atoms with E-state index < -0.39 is 0 Å². The van der Waals surface area contributed by atoms with Gasteiger partial charge in [-0.15, -0.1) is 11.6 Å². The number of rotatable bonds is 4. The number of benzene rings is 1. The molecule has 0 aliphatic rings. The number of hydrogen-bond donors (Lipinski definition) is 0. The van der Waals surface area contributed by atoms with Crippen molar-refractivity contribution in [3.05, 3.63) is 53.4 Å². The monoisotopic (exact) mass is 300 g/mol. The van der Waals surface area contributed by atoms with Gasteiger partial charge >= 0.3 is 0 Å². The largest absolute Gasteiger partial charge is 0.322 e. The van der Waals surface area contributed by atoms with Gasteiger partial charge in [0.25, 0.3) is 0 Å². The van der Waals surface area contributed by atoms with Gasteiger partial charge in [0.1, 0.15) is 11.6 Å². The summed E-state index contributed by atoms with van der Waals surface area (Å²) >= 11 is 5.92. The minimum absolute atomic E-state index is 0.561. The van der Waals surface area contributed by atoms with Crippen LogP contribution in [0.2, 0.25) is 0 Å². The number of alkyl halides is 1. The molecule has 0 fully saturated rings. The second-order valence-electron chi connectivity index (χ2n) is 5.14. The lowest BCUT2D eigenvalue weighted by molar-refractivity contribution is 0.731. The van der Waals surface area contributed by atoms with Crippen LogP contribution >= 0.6 is 11.6 Å². The Labute approximate surface area is 128 Å². The Bertz CT molecular complexity index is 779. The first kappa shape index (κ1) is 14.0. The van der Waals surface area contributed by atoms with E-state index in [4.69, 9.17) is 16.6 Å². The van der Waals surface area contributed by atoms with E-state index >= 15 is 0 Å². The minimum atomic E-state index is 0.561. The third kappa shape index (κ3) is 2.90. The number of hydrogen-bond acceptors (Lipinski definition) is 3. The summed E-state index contributed by atoms with van der Waals surface area (Å²) in [5.74, 6) is 2.35. The average Bonchev–Trinajstić information content (AvgIpc) is 2.76. The second kappa shape index (κ2) is 5.82. The quantitative estimate of drug-likeness (QED) is 0.695. The van der Waals surface area contributed by atoms with Crippen LogP contribution in [-0.2, 0) is 13.0 Å². The molecule has 4 nitrogen and oxygen atoms in total. The van der Waals surface area contributed by atoms with Gasteiger partial charge in [0, 0.05) is 18.5 Å². The number of aryl methyl sites for hydroxylation is 3. The van der Waals surface area contributed by atoms with Crippen LogP contribution in [-0.4, -0.2) is 25.4 Å². The zero-order valence-electron chi connectivity index (χ0n) is 12.2. The van der Waals surface area contributed by atoms with E-state index in [1.807, 2.05) is 13.0 Å². The lowest BCUT2D eigenvalue weighted by atomic mass is 10.2. The van der Waals surface area contributed by atoms with Crippen LogP contribution in [0.5, 0.6) is 0 Å². The maximum absolute atomic E-state index is 5.92. The van der Waals surface area contributed by atoms with Crippen molar-refractivity contribution in [3.63, 3.8) is 0 Å². The molecule has 0 radical (unpaired) electrons. The summed E-state index contributed by atoms with van der Waals surface area (Å²) in [5.41, 5.74) is 4.33. The molecule has 0 bridgehead atoms. The third-order valence-corrected chi connectivity index (χ3v) is 3.64. The maximum Gasteiger partial charge on any atom is 0.125 e. The first-order chi connectivity index (χ1) is 10.2. The highest BCUT2D eigenvalue weighted by atomic mass is 35.5. The van der Waals surface area contributed by atoms with Crippen LogP contribution in [0.4, 0.5) is 0 Å². The Morgan fingerprint density at radius 1 is 1.14 bits per heavy atom. The number of halogens is 1. The van der Waals surface area contributed by atoms with Crippen LogP contribution in [0.1, 0.15) is 22.9 Å². The smallest absolute Gasteiger partial charge is 0.125 e. The highest BCUT2D eigenvalue weighted by molar-refractivity contribution is 6.17. The summed E-state index contributed by atoms with van der Waals surface area (Å²) in [6.45, 7) is 4.67. The van der Waals surface area contributed by atoms with E-state index in [1.54, 1.807) is 6.20 Å². The lowest BCUT2D eigenvalue weighted by Gasteiger charge is -2.08. The van der Waals surface area contributed by atoms with Crippen molar-refractivity contribution in [1.82, 2.24) is 19.5 Å². The van der Waals surface area contributed by atoms with Gasteiger partial charge in [0.05, 0.1) is 23.3 Å². The van der Waals surface area contributed by atoms with Crippen molar-refractivity contribution in [1.29, 1.82) is 0 Å². The number of fused-ring (bicyclic) bond motifs is 1. The van der Waals surface area contributed by atoms with E-state index in [-0.39, 0.29) is 0 Å². The Hall–Kier alpha value is -1.94. The summed E-state index contributed by atoms with van der Waals surface area (Å²) < 4.78 is 2.19. The summed E-state index contributed by atoms with van der Waals surface area (Å²) in [5, 5.41) is 0. The van der Waals surface area contributed by atoms with Crippen molar-refractivity contribution >= 4 is 22.6 Å². The van der Waals surface area contributed by atoms with Gasteiger partial charge in [-0.1, -0.05) is 6.07 Å². The Morgan fingerprint density at radius 3 is 2.76 bits per heavy atom. The van der Waals surface area contributed by atoms with Crippen LogP contribution in [0.15, 0.2) is 30.5 Å². The highest BCUT2D eigenvalue weighted by Crippen LogP contribution is 2.19. The highest BCUT2D eigenvalue weighted by Gasteiger charge is 2.11. The summed E-state index contributed by atoms with van der Waals surface area (Å²) in [7, 11) is 0. The van der Waals surface area contributed by atoms with Crippen molar-refractivity contribution in [2.45, 2.75) is 26.8 Å². The minimum Gasteiger partial charge on any atom is -0.322 e. The molecule has 0 unspecified atom stereocenters. The number of nitrogens with zero attached hydrogens (tertiary/aromatic N) is 4. The lowest BCUT2D eigenvalue weighted by Crippen LogP contribution is -2.08. The SMILES string of the molecule is Cc1ccc2c(c1)nc(CCCl)n2Cc1ccnc(C)n1. The average molecular weight is 301 g/mol. The molecule has 108 valence electrons. The van der Waals surface area contributed by atoms with Gasteiger partial charge in [-0.2, -0.15) is 0 Å². The molecule has 0 N–H and O–H groups in total. The van der Waals surface area contributed by atoms with Crippen LogP contribution in [0, 0.1) is 13.8 Å². The summed E-state index contributed by atoms with van der Waals surface area (Å²) in [4.78, 5) is 13.3. The van der Waals surface area contributed by atoms with Crippen molar-refractivity contribution in [2.75, 3.05) is 5.88 Å². The molecule has 0 aliphatic heterocycles. The molecule has 2 heterocycles. The fourth-order valence-electron chi connectivity index (χ4n) is 2.50. The number of imidazole rings is 1. The van der Waals surface area contributed by atoms with Gasteiger partial charge in [0.2, 0.25) is 0 Å². The first-order valence-corrected chi connectivity index (χ1v) is 7.51. The van der Waals surface area contributed by atoms with Gasteiger partial charge < -0.3 is 4.57 Å². The van der Waals surface area contributed by atoms with Crippen molar-refractivity contribution < 1.29 is 0 Å². The van der Waals surface area contributed by atoms with Crippen molar-refractivity contribution in [3.8, 4) is 0 Å². The molecule has 0 aliphatic carbocycles. The third-order valence-electron chi connectivity index (χ3n) is 3.45. The predicted molar refractivity (Wildman–Crippen MR) is 84.8 cm³/mol. The van der Waals surface area contributed by atoms with E-state index in [9.17, 15) is 0 Å². The van der Waals surface area contributed by atoms with Crippen LogP contribution < -0.4 is 0 Å². The van der Waals surface area contributed by atoms with Crippen molar-refractivity contribution in [2.24, 2.45) is 0 Å². The molecule has 0 amide bonds. The summed E-state index contributed by atoms with van der Waals surface area (Å²) in [6, 6.07) is 8.27. The van der Waals surface area contributed by atoms with Crippen LogP contribution in [0.3, 0.4) is 0 Å². The van der Waals surface area contributed by atoms with Gasteiger partial charge in [-0.3, -0.25) is 0 Å². The molecular weight excluding hydrogens is 284 g/mol. The second-order valence-corrected chi connectivity index (χ2v) is 5.52. The molecule has 0 atom stereocenters. The topological polar surface area (TPSA) is 43.6 Å². The molecule has 0 saturated heterocycles. The molecule has 3 aromatic rings. The zero-order valence-corrected chi connectivity index (χ0v) is 12.9. The normalized spacial score (nSPS) is 11.2. The number of aromatic nitrogens is 4. The molecule has 0 saturated carbocycles. The fourth-order valence-corrected chi connectivity index (χ4v) is 2.67. The molecule has 2 aromatic heterocycles. The van der Waals surface area contributed by atoms with Crippen LogP contribution in [0.25, 0.3) is 11.0 Å². The summed E-state index contributed by atoms with van der Waals surface area (Å²) in [6.07, 6.45) is 2.54. The molecule has 0 spiro atoms. The van der Waals surface area contributed by atoms with Gasteiger partial charge in [-0.25, -0.2) is 15.0 Å². The molecule has 5 heteroatoms. The van der Waals surface area contributed by atoms with Gasteiger partial charge in [0.15, 0.2) is 0 Å². The predicted octanol–water partition coefficient (Wildman–Crippen LogP) is 3.27. The molecule has 21 heavy (non-hydrogen) atoms. The molecule has 1 aromatic carbocycles. The fraction of sp³-hybridized carbons (Fsp3) is 0.312. The zero-order chi connectivity index (χ0) is 14.8. The van der Waals surface area contributed by atoms with E-state index in [2.05, 4.69) is 39.7 Å². The standard InChI is InChI=1S/C16H17ClN4/c1-11-3-4-15-14(9-11)20-16(5-7-17)21(15)10-13-6-8-18-12(2)19-13/h3-4,6,8-9H,5,7,10H2,1-2H3. The molecular formula is C16H17ClN4. The van der Waals surface area contributed by atoms with E-state index in [0.29, 0.717) is 12.4 Å². The molecule has 3 rings (SSSR count). The van der Waals surface area contributed by atoms with E-state index in [1.165, 1.54) is 5.56 Å². The maximum atomic E-state index is 5.92. The Morgan fingerprint density at radius 2 is 2.00 bits per heavy atom. The Kier molecular flexibility index (Phi) is 3.88. The van der Waals surface area contributed by atoms with E-state index in [0.717, 1.165) is 34.8 Å². The first-order valence-electron chi connectivity index (χ1n) is 6.97. The van der Waals surface area contributed by atoms with Gasteiger partial charge in [-0.05, 0) is 37.6 Å².